The van der Waals surface area contributed by atoms with Crippen LogP contribution in [-0.2, 0) is 6.42 Å². The normalized spacial score (nSPS) is 10.8. The molecule has 0 fully saturated rings. The number of pyridine rings is 1. The summed E-state index contributed by atoms with van der Waals surface area (Å²) in [5.74, 6) is -0.324. The zero-order valence-electron chi connectivity index (χ0n) is 8.51. The minimum atomic E-state index is -4.82. The van der Waals surface area contributed by atoms with Gasteiger partial charge in [0.15, 0.2) is 5.75 Å². The van der Waals surface area contributed by atoms with Gasteiger partial charge in [-0.1, -0.05) is 0 Å². The molecule has 0 aliphatic rings. The fourth-order valence-corrected chi connectivity index (χ4v) is 1.90. The van der Waals surface area contributed by atoms with E-state index in [1.807, 2.05) is 0 Å². The number of hydrogen-bond donors (Lipinski definition) is 0. The predicted octanol–water partition coefficient (Wildman–Crippen LogP) is 2.66. The third-order valence-corrected chi connectivity index (χ3v) is 2.84. The molecule has 0 spiro atoms. The van der Waals surface area contributed by atoms with E-state index in [1.165, 1.54) is 7.11 Å². The van der Waals surface area contributed by atoms with Crippen molar-refractivity contribution in [3.63, 3.8) is 0 Å². The third kappa shape index (κ3) is 3.62. The highest BCUT2D eigenvalue weighted by atomic mass is 127. The number of alkyl halides is 3. The smallest absolute Gasteiger partial charge is 0.480 e. The van der Waals surface area contributed by atoms with Crippen LogP contribution in [-0.4, -0.2) is 18.5 Å². The number of nitrogens with zero attached hydrogens (tertiary/aromatic N) is 2. The minimum absolute atomic E-state index is 0.109. The molecule has 17 heavy (non-hydrogen) atoms. The van der Waals surface area contributed by atoms with Crippen molar-refractivity contribution in [3.8, 4) is 17.7 Å². The van der Waals surface area contributed by atoms with Crippen LogP contribution in [0.2, 0.25) is 0 Å². The van der Waals surface area contributed by atoms with Crippen LogP contribution < -0.4 is 9.47 Å². The molecule has 0 unspecified atom stereocenters. The summed E-state index contributed by atoms with van der Waals surface area (Å²) in [6.07, 6.45) is -4.15. The van der Waals surface area contributed by atoms with E-state index in [0.717, 1.165) is 6.20 Å². The molecule has 1 aromatic heterocycles. The van der Waals surface area contributed by atoms with E-state index in [2.05, 4.69) is 9.72 Å². The number of halogens is 4. The molecule has 0 atom stereocenters. The molecule has 8 heteroatoms. The number of methoxy groups -OCH3 is 1. The molecule has 0 saturated heterocycles. The molecule has 0 bridgehead atoms. The third-order valence-electron chi connectivity index (χ3n) is 1.72. The Morgan fingerprint density at radius 3 is 2.65 bits per heavy atom. The highest BCUT2D eigenvalue weighted by molar-refractivity contribution is 14.1. The topological polar surface area (TPSA) is 55.1 Å². The molecule has 0 amide bonds. The van der Waals surface area contributed by atoms with Gasteiger partial charge in [-0.15, -0.1) is 13.2 Å². The highest BCUT2D eigenvalue weighted by Crippen LogP contribution is 2.32. The number of hydrogen-bond acceptors (Lipinski definition) is 4. The monoisotopic (exact) mass is 358 g/mol. The first-order valence-electron chi connectivity index (χ1n) is 4.23. The van der Waals surface area contributed by atoms with Gasteiger partial charge in [-0.3, -0.25) is 0 Å². The molecule has 0 radical (unpaired) electrons. The first kappa shape index (κ1) is 13.8. The first-order chi connectivity index (χ1) is 7.89. The van der Waals surface area contributed by atoms with E-state index in [-0.39, 0.29) is 17.9 Å². The fraction of sp³-hybridized carbons (Fsp3) is 0.333. The van der Waals surface area contributed by atoms with Crippen molar-refractivity contribution in [2.45, 2.75) is 12.8 Å². The van der Waals surface area contributed by atoms with Gasteiger partial charge < -0.3 is 9.47 Å². The summed E-state index contributed by atoms with van der Waals surface area (Å²) in [5.41, 5.74) is 0.109. The van der Waals surface area contributed by atoms with Crippen LogP contribution in [0.4, 0.5) is 13.2 Å². The van der Waals surface area contributed by atoms with Crippen molar-refractivity contribution in [1.29, 1.82) is 5.26 Å². The SMILES string of the molecule is COc1ncc(OC(F)(F)F)c(CC#N)c1I. The Kier molecular flexibility index (Phi) is 4.39. The average molecular weight is 358 g/mol. The lowest BCUT2D eigenvalue weighted by Gasteiger charge is -2.14. The van der Waals surface area contributed by atoms with Crippen molar-refractivity contribution in [3.05, 3.63) is 15.3 Å². The number of nitriles is 1. The molecule has 1 aromatic rings. The zero-order chi connectivity index (χ0) is 13.1. The van der Waals surface area contributed by atoms with E-state index in [1.54, 1.807) is 28.7 Å². The van der Waals surface area contributed by atoms with Crippen LogP contribution in [0, 0.1) is 14.9 Å². The second-order valence-electron chi connectivity index (χ2n) is 2.81. The van der Waals surface area contributed by atoms with Crippen LogP contribution >= 0.6 is 22.6 Å². The van der Waals surface area contributed by atoms with Crippen molar-refractivity contribution >= 4 is 22.6 Å². The Balaban J connectivity index is 3.22. The zero-order valence-corrected chi connectivity index (χ0v) is 10.7. The lowest BCUT2D eigenvalue weighted by molar-refractivity contribution is -0.275. The number of rotatable bonds is 3. The summed E-state index contributed by atoms with van der Waals surface area (Å²) in [4.78, 5) is 3.66. The van der Waals surface area contributed by atoms with Gasteiger partial charge in [-0.2, -0.15) is 5.26 Å². The van der Waals surface area contributed by atoms with Crippen LogP contribution in [0.1, 0.15) is 5.56 Å². The molecule has 1 rings (SSSR count). The van der Waals surface area contributed by atoms with Gasteiger partial charge in [-0.05, 0) is 22.6 Å². The molecule has 0 saturated carbocycles. The van der Waals surface area contributed by atoms with Gasteiger partial charge in [0, 0.05) is 5.56 Å². The van der Waals surface area contributed by atoms with Gasteiger partial charge in [0.25, 0.3) is 0 Å². The Hall–Kier alpha value is -1.24. The lowest BCUT2D eigenvalue weighted by atomic mass is 10.2. The van der Waals surface area contributed by atoms with E-state index < -0.39 is 12.1 Å². The van der Waals surface area contributed by atoms with Crippen molar-refractivity contribution in [2.75, 3.05) is 7.11 Å². The van der Waals surface area contributed by atoms with Crippen molar-refractivity contribution in [1.82, 2.24) is 4.98 Å². The summed E-state index contributed by atoms with van der Waals surface area (Å²) in [6, 6.07) is 1.77. The summed E-state index contributed by atoms with van der Waals surface area (Å²) < 4.78 is 45.3. The Labute approximate surface area is 108 Å². The first-order valence-corrected chi connectivity index (χ1v) is 5.31. The summed E-state index contributed by atoms with van der Waals surface area (Å²) in [6.45, 7) is 0. The van der Waals surface area contributed by atoms with Gasteiger partial charge in [0.1, 0.15) is 0 Å². The van der Waals surface area contributed by atoms with E-state index in [0.29, 0.717) is 3.57 Å². The number of aromatic nitrogens is 1. The van der Waals surface area contributed by atoms with E-state index in [9.17, 15) is 13.2 Å². The largest absolute Gasteiger partial charge is 0.573 e. The van der Waals surface area contributed by atoms with Crippen LogP contribution in [0.25, 0.3) is 0 Å². The standard InChI is InChI=1S/C9H6F3IN2O2/c1-16-8-7(13)5(2-3-14)6(4-15-8)17-9(10,11)12/h4H,2H2,1H3. The quantitative estimate of drug-likeness (QED) is 0.780. The van der Waals surface area contributed by atoms with Crippen LogP contribution in [0.15, 0.2) is 6.20 Å². The maximum atomic E-state index is 12.1. The molecule has 0 aliphatic heterocycles. The molecular formula is C9H6F3IN2O2. The maximum Gasteiger partial charge on any atom is 0.573 e. The lowest BCUT2D eigenvalue weighted by Crippen LogP contribution is -2.18. The van der Waals surface area contributed by atoms with E-state index >= 15 is 0 Å². The number of ether oxygens (including phenoxy) is 2. The maximum absolute atomic E-state index is 12.1. The van der Waals surface area contributed by atoms with Crippen LogP contribution in [0.5, 0.6) is 11.6 Å². The summed E-state index contributed by atoms with van der Waals surface area (Å²) in [5, 5.41) is 8.58. The summed E-state index contributed by atoms with van der Waals surface area (Å²) >= 11 is 1.76. The Bertz CT molecular complexity index is 457. The van der Waals surface area contributed by atoms with Gasteiger partial charge in [0.05, 0.1) is 29.4 Å². The fourth-order valence-electron chi connectivity index (χ4n) is 1.09. The van der Waals surface area contributed by atoms with Gasteiger partial charge >= 0.3 is 6.36 Å². The molecule has 0 N–H and O–H groups in total. The summed E-state index contributed by atoms with van der Waals surface area (Å²) in [7, 11) is 1.34. The predicted molar refractivity (Wildman–Crippen MR) is 59.5 cm³/mol. The average Bonchev–Trinajstić information content (AvgIpc) is 2.22. The molecular weight excluding hydrogens is 352 g/mol. The van der Waals surface area contributed by atoms with Crippen molar-refractivity contribution < 1.29 is 22.6 Å². The second kappa shape index (κ2) is 5.39. The highest BCUT2D eigenvalue weighted by Gasteiger charge is 2.33. The van der Waals surface area contributed by atoms with Crippen molar-refractivity contribution in [2.24, 2.45) is 0 Å². The van der Waals surface area contributed by atoms with Gasteiger partial charge in [0.2, 0.25) is 5.88 Å². The minimum Gasteiger partial charge on any atom is -0.480 e. The molecule has 1 heterocycles. The molecule has 92 valence electrons. The van der Waals surface area contributed by atoms with Crippen LogP contribution in [0.3, 0.4) is 0 Å². The molecule has 0 aromatic carbocycles. The molecule has 0 aliphatic carbocycles. The second-order valence-corrected chi connectivity index (χ2v) is 3.89. The van der Waals surface area contributed by atoms with E-state index in [4.69, 9.17) is 10.00 Å². The Morgan fingerprint density at radius 1 is 1.53 bits per heavy atom. The van der Waals surface area contributed by atoms with Gasteiger partial charge in [-0.25, -0.2) is 4.98 Å². The molecule has 4 nitrogen and oxygen atoms in total. The Morgan fingerprint density at radius 2 is 2.18 bits per heavy atom.